The second kappa shape index (κ2) is 9.54. The van der Waals surface area contributed by atoms with E-state index in [0.717, 1.165) is 31.6 Å². The molecule has 0 saturated carbocycles. The molecule has 5 nitrogen and oxygen atoms in total. The van der Waals surface area contributed by atoms with E-state index in [-0.39, 0.29) is 12.4 Å². The average molecular weight is 308 g/mol. The fourth-order valence-corrected chi connectivity index (χ4v) is 2.75. The van der Waals surface area contributed by atoms with E-state index in [1.807, 2.05) is 13.8 Å². The molecule has 0 unspecified atom stereocenters. The van der Waals surface area contributed by atoms with Gasteiger partial charge in [-0.1, -0.05) is 13.8 Å². The third kappa shape index (κ3) is 4.78. The molecule has 2 heterocycles. The SMILES string of the molecule is CC.Cc1[nH]c(C=O)c(C)c1C(=O)COCCN1CCCC1. The van der Waals surface area contributed by atoms with Gasteiger partial charge in [-0.05, 0) is 45.3 Å². The maximum Gasteiger partial charge on any atom is 0.190 e. The molecule has 0 amide bonds. The predicted octanol–water partition coefficient (Wildman–Crippen LogP) is 2.77. The second-order valence-corrected chi connectivity index (χ2v) is 5.31. The Morgan fingerprint density at radius 1 is 1.27 bits per heavy atom. The number of carbonyl (C=O) groups excluding carboxylic acids is 2. The molecule has 0 bridgehead atoms. The number of carbonyl (C=O) groups is 2. The largest absolute Gasteiger partial charge is 0.372 e. The molecule has 0 radical (unpaired) electrons. The number of aromatic nitrogens is 1. The van der Waals surface area contributed by atoms with Gasteiger partial charge in [-0.2, -0.15) is 0 Å². The maximum absolute atomic E-state index is 12.1. The van der Waals surface area contributed by atoms with Crippen molar-refractivity contribution in [3.8, 4) is 0 Å². The number of likely N-dealkylation sites (tertiary alicyclic amines) is 1. The Kier molecular flexibility index (Phi) is 8.06. The minimum absolute atomic E-state index is 0.0641. The molecular weight excluding hydrogens is 280 g/mol. The summed E-state index contributed by atoms with van der Waals surface area (Å²) in [6.07, 6.45) is 3.26. The van der Waals surface area contributed by atoms with Gasteiger partial charge in [-0.15, -0.1) is 0 Å². The lowest BCUT2D eigenvalue weighted by atomic mass is 10.1. The summed E-state index contributed by atoms with van der Waals surface area (Å²) >= 11 is 0. The number of aryl methyl sites for hydroxylation is 1. The van der Waals surface area contributed by atoms with E-state index in [0.29, 0.717) is 23.4 Å². The Labute approximate surface area is 133 Å². The van der Waals surface area contributed by atoms with E-state index < -0.39 is 0 Å². The monoisotopic (exact) mass is 308 g/mol. The number of hydrogen-bond acceptors (Lipinski definition) is 4. The summed E-state index contributed by atoms with van der Waals surface area (Å²) in [6, 6.07) is 0. The fraction of sp³-hybridized carbons (Fsp3) is 0.647. The van der Waals surface area contributed by atoms with Gasteiger partial charge in [0.15, 0.2) is 12.1 Å². The molecular formula is C17H28N2O3. The molecule has 0 aliphatic carbocycles. The molecule has 1 saturated heterocycles. The zero-order valence-electron chi connectivity index (χ0n) is 14.2. The Morgan fingerprint density at radius 2 is 1.91 bits per heavy atom. The van der Waals surface area contributed by atoms with E-state index in [1.165, 1.54) is 12.8 Å². The van der Waals surface area contributed by atoms with Crippen LogP contribution in [0.4, 0.5) is 0 Å². The molecule has 0 spiro atoms. The summed E-state index contributed by atoms with van der Waals surface area (Å²) in [5, 5.41) is 0. The number of Topliss-reactive ketones (excluding diaryl/α,β-unsaturated/α-hetero) is 1. The third-order valence-corrected chi connectivity index (χ3v) is 3.86. The molecule has 1 fully saturated rings. The third-order valence-electron chi connectivity index (χ3n) is 3.86. The first-order valence-electron chi connectivity index (χ1n) is 8.11. The smallest absolute Gasteiger partial charge is 0.190 e. The van der Waals surface area contributed by atoms with Crippen LogP contribution in [0.2, 0.25) is 0 Å². The van der Waals surface area contributed by atoms with Gasteiger partial charge in [-0.25, -0.2) is 0 Å². The van der Waals surface area contributed by atoms with Crippen molar-refractivity contribution in [2.45, 2.75) is 40.5 Å². The lowest BCUT2D eigenvalue weighted by molar-refractivity contribution is 0.0716. The Balaban J connectivity index is 0.00000116. The normalized spacial score (nSPS) is 14.5. The fourth-order valence-electron chi connectivity index (χ4n) is 2.75. The van der Waals surface area contributed by atoms with Gasteiger partial charge in [0.1, 0.15) is 6.61 Å². The topological polar surface area (TPSA) is 62.4 Å². The number of H-pyrrole nitrogens is 1. The lowest BCUT2D eigenvalue weighted by Gasteiger charge is -2.14. The summed E-state index contributed by atoms with van der Waals surface area (Å²) in [4.78, 5) is 28.3. The average Bonchev–Trinajstić information content (AvgIpc) is 3.13. The van der Waals surface area contributed by atoms with Crippen LogP contribution in [0.1, 0.15) is 58.8 Å². The number of aldehydes is 1. The van der Waals surface area contributed by atoms with Gasteiger partial charge in [0.05, 0.1) is 12.3 Å². The van der Waals surface area contributed by atoms with Gasteiger partial charge in [-0.3, -0.25) is 9.59 Å². The van der Waals surface area contributed by atoms with E-state index in [2.05, 4.69) is 9.88 Å². The van der Waals surface area contributed by atoms with E-state index in [1.54, 1.807) is 13.8 Å². The molecule has 1 aliphatic heterocycles. The van der Waals surface area contributed by atoms with E-state index in [9.17, 15) is 9.59 Å². The summed E-state index contributed by atoms with van der Waals surface area (Å²) in [5.74, 6) is -0.0641. The molecule has 1 aromatic rings. The first kappa shape index (κ1) is 18.6. The molecule has 5 heteroatoms. The number of rotatable bonds is 7. The van der Waals surface area contributed by atoms with Crippen LogP contribution in [0.5, 0.6) is 0 Å². The number of ether oxygens (including phenoxy) is 1. The van der Waals surface area contributed by atoms with E-state index in [4.69, 9.17) is 4.74 Å². The molecule has 2 rings (SSSR count). The Bertz CT molecular complexity index is 488. The number of hydrogen-bond donors (Lipinski definition) is 1. The molecule has 0 aromatic carbocycles. The van der Waals surface area contributed by atoms with Crippen molar-refractivity contribution in [2.75, 3.05) is 32.8 Å². The number of ketones is 1. The molecule has 1 N–H and O–H groups in total. The van der Waals surface area contributed by atoms with Gasteiger partial charge in [0.25, 0.3) is 0 Å². The van der Waals surface area contributed by atoms with Crippen LogP contribution in [-0.4, -0.2) is 54.8 Å². The number of nitrogens with zero attached hydrogens (tertiary/aromatic N) is 1. The van der Waals surface area contributed by atoms with Gasteiger partial charge in [0, 0.05) is 17.8 Å². The zero-order valence-corrected chi connectivity index (χ0v) is 14.2. The van der Waals surface area contributed by atoms with Crippen molar-refractivity contribution in [1.82, 2.24) is 9.88 Å². The highest BCUT2D eigenvalue weighted by molar-refractivity contribution is 6.01. The lowest BCUT2D eigenvalue weighted by Crippen LogP contribution is -2.25. The van der Waals surface area contributed by atoms with Crippen LogP contribution in [0.3, 0.4) is 0 Å². The zero-order chi connectivity index (χ0) is 16.5. The van der Waals surface area contributed by atoms with Crippen molar-refractivity contribution in [3.63, 3.8) is 0 Å². The standard InChI is InChI=1S/C15H22N2O3.C2H6/c1-11-13(9-18)16-12(2)15(11)14(19)10-20-8-7-17-5-3-4-6-17;1-2/h9,16H,3-8,10H2,1-2H3;1-2H3. The molecule has 124 valence electrons. The molecule has 1 aliphatic rings. The summed E-state index contributed by atoms with van der Waals surface area (Å²) in [7, 11) is 0. The highest BCUT2D eigenvalue weighted by Gasteiger charge is 2.18. The van der Waals surface area contributed by atoms with Gasteiger partial charge >= 0.3 is 0 Å². The van der Waals surface area contributed by atoms with Crippen molar-refractivity contribution in [2.24, 2.45) is 0 Å². The highest BCUT2D eigenvalue weighted by Crippen LogP contribution is 2.17. The Hall–Kier alpha value is -1.46. The highest BCUT2D eigenvalue weighted by atomic mass is 16.5. The Morgan fingerprint density at radius 3 is 2.45 bits per heavy atom. The van der Waals surface area contributed by atoms with Crippen LogP contribution >= 0.6 is 0 Å². The molecule has 22 heavy (non-hydrogen) atoms. The maximum atomic E-state index is 12.1. The molecule has 0 atom stereocenters. The van der Waals surface area contributed by atoms with Crippen LogP contribution < -0.4 is 0 Å². The minimum Gasteiger partial charge on any atom is -0.372 e. The van der Waals surface area contributed by atoms with Crippen molar-refractivity contribution < 1.29 is 14.3 Å². The predicted molar refractivity (Wildman–Crippen MR) is 87.8 cm³/mol. The van der Waals surface area contributed by atoms with Crippen LogP contribution in [0.25, 0.3) is 0 Å². The van der Waals surface area contributed by atoms with E-state index >= 15 is 0 Å². The van der Waals surface area contributed by atoms with Crippen LogP contribution in [0, 0.1) is 13.8 Å². The van der Waals surface area contributed by atoms with Crippen molar-refractivity contribution >= 4 is 12.1 Å². The second-order valence-electron chi connectivity index (χ2n) is 5.31. The van der Waals surface area contributed by atoms with Gasteiger partial charge in [0.2, 0.25) is 0 Å². The minimum atomic E-state index is -0.0641. The first-order valence-corrected chi connectivity index (χ1v) is 8.11. The number of nitrogens with one attached hydrogen (secondary N) is 1. The van der Waals surface area contributed by atoms with Crippen LogP contribution in [-0.2, 0) is 4.74 Å². The van der Waals surface area contributed by atoms with Crippen LogP contribution in [0.15, 0.2) is 0 Å². The number of aromatic amines is 1. The first-order chi connectivity index (χ1) is 10.6. The summed E-state index contributed by atoms with van der Waals surface area (Å²) < 4.78 is 5.47. The van der Waals surface area contributed by atoms with Gasteiger partial charge < -0.3 is 14.6 Å². The quantitative estimate of drug-likeness (QED) is 0.478. The molecule has 1 aromatic heterocycles. The summed E-state index contributed by atoms with van der Waals surface area (Å²) in [5.41, 5.74) is 2.51. The van der Waals surface area contributed by atoms with Crippen molar-refractivity contribution in [1.29, 1.82) is 0 Å². The summed E-state index contributed by atoms with van der Waals surface area (Å²) in [6.45, 7) is 11.4. The van der Waals surface area contributed by atoms with Crippen molar-refractivity contribution in [3.05, 3.63) is 22.5 Å².